The van der Waals surface area contributed by atoms with Gasteiger partial charge in [0.25, 0.3) is 5.22 Å². The number of thioether (sulfide) groups is 1. The molecule has 94 valence electrons. The van der Waals surface area contributed by atoms with Crippen LogP contribution in [-0.2, 0) is 4.79 Å². The molecule has 0 spiro atoms. The van der Waals surface area contributed by atoms with Crippen molar-refractivity contribution < 1.29 is 9.21 Å². The van der Waals surface area contributed by atoms with Crippen molar-refractivity contribution in [3.8, 4) is 11.3 Å². The van der Waals surface area contributed by atoms with E-state index in [0.29, 0.717) is 16.0 Å². The number of primary amides is 1. The topological polar surface area (TPSA) is 69.1 Å². The van der Waals surface area contributed by atoms with E-state index in [0.717, 1.165) is 5.56 Å². The van der Waals surface area contributed by atoms with E-state index >= 15 is 0 Å². The third-order valence-electron chi connectivity index (χ3n) is 2.29. The van der Waals surface area contributed by atoms with Gasteiger partial charge in [-0.2, -0.15) is 0 Å². The fourth-order valence-corrected chi connectivity index (χ4v) is 2.07. The summed E-state index contributed by atoms with van der Waals surface area (Å²) in [5.41, 5.74) is 6.05. The highest BCUT2D eigenvalue weighted by Crippen LogP contribution is 2.28. The van der Waals surface area contributed by atoms with Gasteiger partial charge in [-0.3, -0.25) is 4.79 Å². The van der Waals surface area contributed by atoms with Crippen molar-refractivity contribution in [1.82, 2.24) is 4.98 Å². The van der Waals surface area contributed by atoms with Crippen molar-refractivity contribution in [2.75, 3.05) is 0 Å². The molecule has 2 N–H and O–H groups in total. The van der Waals surface area contributed by atoms with Gasteiger partial charge in [0.05, 0.1) is 11.4 Å². The van der Waals surface area contributed by atoms with Crippen LogP contribution in [0.2, 0.25) is 5.02 Å². The largest absolute Gasteiger partial charge is 0.431 e. The second-order valence-corrected chi connectivity index (χ2v) is 5.39. The van der Waals surface area contributed by atoms with Crippen molar-refractivity contribution in [3.63, 3.8) is 0 Å². The Labute approximate surface area is 114 Å². The van der Waals surface area contributed by atoms with Gasteiger partial charge in [0, 0.05) is 10.6 Å². The van der Waals surface area contributed by atoms with E-state index in [4.69, 9.17) is 21.8 Å². The van der Waals surface area contributed by atoms with E-state index in [1.165, 1.54) is 11.8 Å². The summed E-state index contributed by atoms with van der Waals surface area (Å²) in [6.07, 6.45) is 1.61. The molecule has 2 aromatic rings. The molecule has 1 aromatic heterocycles. The van der Waals surface area contributed by atoms with Crippen LogP contribution in [0.5, 0.6) is 0 Å². The first kappa shape index (κ1) is 13.0. The number of oxazole rings is 1. The van der Waals surface area contributed by atoms with Gasteiger partial charge in [-0.25, -0.2) is 4.98 Å². The molecule has 0 radical (unpaired) electrons. The monoisotopic (exact) mass is 282 g/mol. The van der Waals surface area contributed by atoms with Crippen molar-refractivity contribution >= 4 is 29.3 Å². The Hall–Kier alpha value is -1.46. The smallest absolute Gasteiger partial charge is 0.256 e. The molecule has 1 atom stereocenters. The normalized spacial score (nSPS) is 12.3. The Morgan fingerprint density at radius 1 is 1.44 bits per heavy atom. The molecule has 1 amide bonds. The number of hydrogen-bond acceptors (Lipinski definition) is 4. The summed E-state index contributed by atoms with van der Waals surface area (Å²) < 4.78 is 5.53. The van der Waals surface area contributed by atoms with Gasteiger partial charge in [0.2, 0.25) is 5.91 Å². The average molecular weight is 283 g/mol. The quantitative estimate of drug-likeness (QED) is 0.875. The van der Waals surface area contributed by atoms with Gasteiger partial charge in [0.1, 0.15) is 0 Å². The van der Waals surface area contributed by atoms with Crippen LogP contribution in [0.1, 0.15) is 6.92 Å². The summed E-state index contributed by atoms with van der Waals surface area (Å²) >= 11 is 7.00. The minimum atomic E-state index is -0.397. The zero-order valence-corrected chi connectivity index (χ0v) is 11.2. The van der Waals surface area contributed by atoms with Crippen LogP contribution in [0, 0.1) is 0 Å². The summed E-state index contributed by atoms with van der Waals surface area (Å²) in [4.78, 5) is 15.0. The maximum absolute atomic E-state index is 10.9. The van der Waals surface area contributed by atoms with Gasteiger partial charge in [-0.1, -0.05) is 23.4 Å². The van der Waals surface area contributed by atoms with Crippen LogP contribution in [0.4, 0.5) is 0 Å². The molecule has 1 aromatic carbocycles. The summed E-state index contributed by atoms with van der Waals surface area (Å²) in [7, 11) is 0. The van der Waals surface area contributed by atoms with Crippen LogP contribution < -0.4 is 5.73 Å². The number of carbonyl (C=O) groups is 1. The van der Waals surface area contributed by atoms with E-state index in [1.807, 2.05) is 12.1 Å². The molecule has 0 bridgehead atoms. The average Bonchev–Trinajstić information content (AvgIpc) is 2.78. The lowest BCUT2D eigenvalue weighted by Crippen LogP contribution is -2.22. The molecule has 0 saturated carbocycles. The molecule has 1 unspecified atom stereocenters. The Morgan fingerprint density at radius 3 is 2.72 bits per heavy atom. The van der Waals surface area contributed by atoms with E-state index in [1.54, 1.807) is 25.3 Å². The number of amides is 1. The molecule has 0 aliphatic carbocycles. The van der Waals surface area contributed by atoms with E-state index in [9.17, 15) is 4.79 Å². The SMILES string of the molecule is CC(Sc1ncc(-c2ccc(Cl)cc2)o1)C(N)=O. The third-order valence-corrected chi connectivity index (χ3v) is 3.52. The molecule has 0 fully saturated rings. The van der Waals surface area contributed by atoms with E-state index in [2.05, 4.69) is 4.98 Å². The highest BCUT2D eigenvalue weighted by Gasteiger charge is 2.15. The number of benzene rings is 1. The van der Waals surface area contributed by atoms with Crippen molar-refractivity contribution in [2.24, 2.45) is 5.73 Å². The van der Waals surface area contributed by atoms with E-state index in [-0.39, 0.29) is 5.25 Å². The first-order valence-corrected chi connectivity index (χ1v) is 6.50. The molecule has 0 aliphatic heterocycles. The second kappa shape index (κ2) is 5.46. The Balaban J connectivity index is 2.15. The Bertz CT molecular complexity index is 553. The number of aromatic nitrogens is 1. The number of nitrogens with two attached hydrogens (primary N) is 1. The standard InChI is InChI=1S/C12H11ClN2O2S/c1-7(11(14)16)18-12-15-6-10(17-12)8-2-4-9(13)5-3-8/h2-7H,1H3,(H2,14,16). The highest BCUT2D eigenvalue weighted by atomic mass is 35.5. The van der Waals surface area contributed by atoms with Crippen LogP contribution in [-0.4, -0.2) is 16.1 Å². The van der Waals surface area contributed by atoms with Gasteiger partial charge in [-0.15, -0.1) is 0 Å². The second-order valence-electron chi connectivity index (χ2n) is 3.66. The number of hydrogen-bond donors (Lipinski definition) is 1. The summed E-state index contributed by atoms with van der Waals surface area (Å²) in [5, 5.41) is 0.711. The van der Waals surface area contributed by atoms with Gasteiger partial charge < -0.3 is 10.2 Å². The van der Waals surface area contributed by atoms with Gasteiger partial charge in [0.15, 0.2) is 5.76 Å². The third kappa shape index (κ3) is 3.05. The molecule has 0 aliphatic rings. The lowest BCUT2D eigenvalue weighted by atomic mass is 10.2. The molecule has 1 heterocycles. The van der Waals surface area contributed by atoms with Crippen molar-refractivity contribution in [2.45, 2.75) is 17.4 Å². The van der Waals surface area contributed by atoms with Crippen LogP contribution in [0.3, 0.4) is 0 Å². The highest BCUT2D eigenvalue weighted by molar-refractivity contribution is 8.00. The number of rotatable bonds is 4. The predicted molar refractivity (Wildman–Crippen MR) is 71.5 cm³/mol. The van der Waals surface area contributed by atoms with Gasteiger partial charge in [-0.05, 0) is 31.2 Å². The maximum Gasteiger partial charge on any atom is 0.256 e. The molecule has 0 saturated heterocycles. The van der Waals surface area contributed by atoms with Crippen LogP contribution in [0.25, 0.3) is 11.3 Å². The number of halogens is 1. The van der Waals surface area contributed by atoms with Crippen molar-refractivity contribution in [3.05, 3.63) is 35.5 Å². The zero-order valence-electron chi connectivity index (χ0n) is 9.59. The number of carbonyl (C=O) groups excluding carboxylic acids is 1. The Morgan fingerprint density at radius 2 is 2.11 bits per heavy atom. The molecule has 18 heavy (non-hydrogen) atoms. The van der Waals surface area contributed by atoms with Crippen molar-refractivity contribution in [1.29, 1.82) is 0 Å². The zero-order chi connectivity index (χ0) is 13.1. The first-order chi connectivity index (χ1) is 8.56. The Kier molecular flexibility index (Phi) is 3.93. The van der Waals surface area contributed by atoms with E-state index < -0.39 is 5.91 Å². The molecule has 4 nitrogen and oxygen atoms in total. The fourth-order valence-electron chi connectivity index (χ4n) is 1.27. The first-order valence-electron chi connectivity index (χ1n) is 5.24. The van der Waals surface area contributed by atoms with Crippen LogP contribution in [0.15, 0.2) is 40.1 Å². The number of nitrogens with zero attached hydrogens (tertiary/aromatic N) is 1. The lowest BCUT2D eigenvalue weighted by molar-refractivity contribution is -0.117. The maximum atomic E-state index is 10.9. The molecule has 2 rings (SSSR count). The summed E-state index contributed by atoms with van der Waals surface area (Å²) in [6, 6.07) is 7.24. The van der Waals surface area contributed by atoms with Crippen LogP contribution >= 0.6 is 23.4 Å². The molecular formula is C12H11ClN2O2S. The molecular weight excluding hydrogens is 272 g/mol. The molecule has 6 heteroatoms. The lowest BCUT2D eigenvalue weighted by Gasteiger charge is -2.01. The predicted octanol–water partition coefficient (Wildman–Crippen LogP) is 2.96. The minimum Gasteiger partial charge on any atom is -0.431 e. The minimum absolute atomic E-state index is 0.373. The summed E-state index contributed by atoms with van der Waals surface area (Å²) in [5.74, 6) is 0.233. The fraction of sp³-hybridized carbons (Fsp3) is 0.167. The summed E-state index contributed by atoms with van der Waals surface area (Å²) in [6.45, 7) is 1.71. The van der Waals surface area contributed by atoms with Gasteiger partial charge >= 0.3 is 0 Å².